The van der Waals surface area contributed by atoms with Crippen LogP contribution in [-0.4, -0.2) is 22.2 Å². The molecule has 0 heterocycles. The van der Waals surface area contributed by atoms with Crippen LogP contribution in [0.1, 0.15) is 96.8 Å². The van der Waals surface area contributed by atoms with Crippen molar-refractivity contribution in [1.29, 1.82) is 0 Å². The van der Waals surface area contributed by atoms with Crippen LogP contribution in [-0.2, 0) is 9.59 Å². The van der Waals surface area contributed by atoms with Crippen molar-refractivity contribution in [2.24, 2.45) is 5.92 Å². The van der Waals surface area contributed by atoms with Gasteiger partial charge in [0.1, 0.15) is 0 Å². The largest absolute Gasteiger partial charge is 0.481 e. The van der Waals surface area contributed by atoms with Crippen LogP contribution in [0.25, 0.3) is 0 Å². The van der Waals surface area contributed by atoms with Crippen molar-refractivity contribution in [3.63, 3.8) is 0 Å². The van der Waals surface area contributed by atoms with Crippen LogP contribution in [0.15, 0.2) is 12.2 Å². The molecule has 24 heavy (non-hydrogen) atoms. The summed E-state index contributed by atoms with van der Waals surface area (Å²) in [5.74, 6) is -3.04. The molecule has 1 atom stereocenters. The maximum atomic E-state index is 10.9. The van der Waals surface area contributed by atoms with Crippen molar-refractivity contribution in [1.82, 2.24) is 0 Å². The van der Waals surface area contributed by atoms with Crippen LogP contribution < -0.4 is 0 Å². The second kappa shape index (κ2) is 16.5. The van der Waals surface area contributed by atoms with Gasteiger partial charge in [-0.15, -0.1) is 0 Å². The van der Waals surface area contributed by atoms with Crippen molar-refractivity contribution < 1.29 is 19.8 Å². The van der Waals surface area contributed by atoms with Gasteiger partial charge in [-0.1, -0.05) is 89.7 Å². The minimum Gasteiger partial charge on any atom is -0.481 e. The molecule has 0 saturated heterocycles. The van der Waals surface area contributed by atoms with Crippen LogP contribution >= 0.6 is 0 Å². The zero-order chi connectivity index (χ0) is 18.0. The van der Waals surface area contributed by atoms with E-state index in [0.717, 1.165) is 19.3 Å². The summed E-state index contributed by atoms with van der Waals surface area (Å²) in [6.07, 6.45) is 19.4. The Hall–Kier alpha value is -1.32. The van der Waals surface area contributed by atoms with Gasteiger partial charge in [0.05, 0.1) is 12.3 Å². The Kier molecular flexibility index (Phi) is 15.6. The highest BCUT2D eigenvalue weighted by Gasteiger charge is 2.17. The molecular formula is C20H36O4. The number of hydrogen-bond donors (Lipinski definition) is 2. The molecule has 140 valence electrons. The number of allylic oxidation sites excluding steroid dienone is 1. The average Bonchev–Trinajstić information content (AvgIpc) is 2.53. The Morgan fingerprint density at radius 1 is 0.792 bits per heavy atom. The Labute approximate surface area is 147 Å². The monoisotopic (exact) mass is 340 g/mol. The third kappa shape index (κ3) is 15.6. The quantitative estimate of drug-likeness (QED) is 0.259. The predicted molar refractivity (Wildman–Crippen MR) is 98.2 cm³/mol. The number of aliphatic carboxylic acids is 2. The van der Waals surface area contributed by atoms with Crippen molar-refractivity contribution in [2.45, 2.75) is 96.8 Å². The lowest BCUT2D eigenvalue weighted by atomic mass is 10.0. The molecule has 0 radical (unpaired) electrons. The summed E-state index contributed by atoms with van der Waals surface area (Å²) < 4.78 is 0. The highest BCUT2D eigenvalue weighted by molar-refractivity contribution is 5.79. The summed E-state index contributed by atoms with van der Waals surface area (Å²) >= 11 is 0. The van der Waals surface area contributed by atoms with E-state index < -0.39 is 17.9 Å². The fourth-order valence-electron chi connectivity index (χ4n) is 2.79. The molecule has 4 heteroatoms. The first-order valence-electron chi connectivity index (χ1n) is 9.69. The van der Waals surface area contributed by atoms with Crippen molar-refractivity contribution in [3.05, 3.63) is 12.2 Å². The maximum Gasteiger partial charge on any atom is 0.310 e. The summed E-state index contributed by atoms with van der Waals surface area (Å²) in [5, 5.41) is 17.6. The molecule has 0 aliphatic carbocycles. The number of hydrogen-bond acceptors (Lipinski definition) is 2. The lowest BCUT2D eigenvalue weighted by Gasteiger charge is -2.04. The van der Waals surface area contributed by atoms with Crippen LogP contribution in [0.2, 0.25) is 0 Å². The number of carbonyl (C=O) groups is 2. The first kappa shape index (κ1) is 22.7. The maximum absolute atomic E-state index is 10.9. The van der Waals surface area contributed by atoms with E-state index in [2.05, 4.69) is 6.92 Å². The minimum absolute atomic E-state index is 0.343. The van der Waals surface area contributed by atoms with Gasteiger partial charge in [-0.05, 0) is 12.8 Å². The van der Waals surface area contributed by atoms with Crippen LogP contribution in [0, 0.1) is 5.92 Å². The molecule has 0 aromatic carbocycles. The molecule has 0 saturated carbocycles. The topological polar surface area (TPSA) is 74.6 Å². The third-order valence-corrected chi connectivity index (χ3v) is 4.30. The summed E-state index contributed by atoms with van der Waals surface area (Å²) in [4.78, 5) is 21.5. The number of unbranched alkanes of at least 4 members (excludes halogenated alkanes) is 12. The van der Waals surface area contributed by atoms with E-state index in [1.165, 1.54) is 70.3 Å². The second-order valence-electron chi connectivity index (χ2n) is 6.65. The SMILES string of the molecule is CCCCCCCCCCCCCC/C=C\[C@@H](CC(=O)O)C(=O)O. The van der Waals surface area contributed by atoms with Gasteiger partial charge in [-0.3, -0.25) is 9.59 Å². The molecule has 0 aliphatic rings. The molecule has 0 aliphatic heterocycles. The molecule has 0 aromatic rings. The molecule has 0 unspecified atom stereocenters. The molecule has 4 nitrogen and oxygen atoms in total. The highest BCUT2D eigenvalue weighted by atomic mass is 16.4. The average molecular weight is 341 g/mol. The predicted octanol–water partition coefficient (Wildman–Crippen LogP) is 5.81. The number of carboxylic acids is 2. The van der Waals surface area contributed by atoms with E-state index in [4.69, 9.17) is 10.2 Å². The summed E-state index contributed by atoms with van der Waals surface area (Å²) in [5.41, 5.74) is 0. The van der Waals surface area contributed by atoms with E-state index in [1.54, 1.807) is 0 Å². The van der Waals surface area contributed by atoms with E-state index in [9.17, 15) is 9.59 Å². The van der Waals surface area contributed by atoms with Gasteiger partial charge >= 0.3 is 11.9 Å². The summed E-state index contributed by atoms with van der Waals surface area (Å²) in [6.45, 7) is 2.25. The zero-order valence-corrected chi connectivity index (χ0v) is 15.3. The van der Waals surface area contributed by atoms with Gasteiger partial charge < -0.3 is 10.2 Å². The molecule has 0 aromatic heterocycles. The molecule has 0 fully saturated rings. The fourth-order valence-corrected chi connectivity index (χ4v) is 2.79. The van der Waals surface area contributed by atoms with Crippen LogP contribution in [0.5, 0.6) is 0 Å². The number of carboxylic acid groups (broad SMARTS) is 2. The van der Waals surface area contributed by atoms with Crippen molar-refractivity contribution in [3.8, 4) is 0 Å². The summed E-state index contributed by atoms with van der Waals surface area (Å²) in [7, 11) is 0. The van der Waals surface area contributed by atoms with E-state index in [-0.39, 0.29) is 6.42 Å². The normalized spacial score (nSPS) is 12.5. The Morgan fingerprint density at radius 2 is 1.25 bits per heavy atom. The van der Waals surface area contributed by atoms with Crippen LogP contribution in [0.4, 0.5) is 0 Å². The van der Waals surface area contributed by atoms with Crippen molar-refractivity contribution in [2.75, 3.05) is 0 Å². The number of rotatable bonds is 17. The van der Waals surface area contributed by atoms with Gasteiger partial charge in [0.15, 0.2) is 0 Å². The van der Waals surface area contributed by atoms with Gasteiger partial charge in [0, 0.05) is 0 Å². The van der Waals surface area contributed by atoms with Gasteiger partial charge in [0.2, 0.25) is 0 Å². The molecule has 0 rings (SSSR count). The zero-order valence-electron chi connectivity index (χ0n) is 15.3. The van der Waals surface area contributed by atoms with Crippen molar-refractivity contribution >= 4 is 11.9 Å². The molecular weight excluding hydrogens is 304 g/mol. The highest BCUT2D eigenvalue weighted by Crippen LogP contribution is 2.13. The standard InChI is InChI=1S/C20H36O4/c1-2-3-4-5-6-7-8-9-10-11-12-13-14-15-16-18(20(23)24)17-19(21)22/h15-16,18H,2-14,17H2,1H3,(H,21,22)(H,23,24)/b16-15-/t18-/m0/s1. The Balaban J connectivity index is 3.42. The van der Waals surface area contributed by atoms with E-state index in [1.807, 2.05) is 6.08 Å². The Morgan fingerprint density at radius 3 is 1.67 bits per heavy atom. The smallest absolute Gasteiger partial charge is 0.310 e. The second-order valence-corrected chi connectivity index (χ2v) is 6.65. The lowest BCUT2D eigenvalue weighted by molar-refractivity contribution is -0.146. The molecule has 0 amide bonds. The Bertz CT molecular complexity index is 350. The summed E-state index contributed by atoms with van der Waals surface area (Å²) in [6, 6.07) is 0. The fraction of sp³-hybridized carbons (Fsp3) is 0.800. The van der Waals surface area contributed by atoms with Gasteiger partial charge in [-0.25, -0.2) is 0 Å². The molecule has 0 bridgehead atoms. The van der Waals surface area contributed by atoms with Crippen LogP contribution in [0.3, 0.4) is 0 Å². The van der Waals surface area contributed by atoms with Gasteiger partial charge in [0.25, 0.3) is 0 Å². The third-order valence-electron chi connectivity index (χ3n) is 4.30. The molecule has 0 spiro atoms. The van der Waals surface area contributed by atoms with E-state index >= 15 is 0 Å². The van der Waals surface area contributed by atoms with E-state index in [0.29, 0.717) is 0 Å². The van der Waals surface area contributed by atoms with Gasteiger partial charge in [-0.2, -0.15) is 0 Å². The lowest BCUT2D eigenvalue weighted by Crippen LogP contribution is -2.15. The first-order valence-corrected chi connectivity index (χ1v) is 9.69. The first-order chi connectivity index (χ1) is 11.6. The minimum atomic E-state index is -1.07. The molecule has 2 N–H and O–H groups in total.